The van der Waals surface area contributed by atoms with Gasteiger partial charge in [0.1, 0.15) is 17.1 Å². The van der Waals surface area contributed by atoms with Gasteiger partial charge in [0, 0.05) is 15.7 Å². The highest BCUT2D eigenvalue weighted by Crippen LogP contribution is 2.22. The molecule has 10 heteroatoms. The average molecular weight is 486 g/mol. The fraction of sp³-hybridized carbons (Fsp3) is 0.0435. The van der Waals surface area contributed by atoms with Crippen LogP contribution < -0.4 is 20.2 Å². The summed E-state index contributed by atoms with van der Waals surface area (Å²) in [6.45, 7) is 0. The van der Waals surface area contributed by atoms with E-state index in [1.54, 1.807) is 42.5 Å². The maximum atomic E-state index is 12.4. The van der Waals surface area contributed by atoms with Crippen LogP contribution in [0.4, 0.5) is 5.69 Å². The number of methoxy groups -OCH3 is 1. The number of anilines is 1. The first-order chi connectivity index (χ1) is 15.9. The maximum Gasteiger partial charge on any atom is 0.347 e. The van der Waals surface area contributed by atoms with Crippen LogP contribution in [-0.4, -0.2) is 31.1 Å². The van der Waals surface area contributed by atoms with E-state index >= 15 is 0 Å². The second-order valence-electron chi connectivity index (χ2n) is 6.47. The lowest BCUT2D eigenvalue weighted by atomic mass is 10.2. The number of amides is 2. The Labute approximate surface area is 199 Å². The summed E-state index contributed by atoms with van der Waals surface area (Å²) in [5.41, 5.74) is 3.17. The lowest BCUT2D eigenvalue weighted by molar-refractivity contribution is -0.136. The fourth-order valence-corrected chi connectivity index (χ4v) is 3.19. The monoisotopic (exact) mass is 485 g/mol. The molecule has 3 aromatic rings. The zero-order valence-corrected chi connectivity index (χ0v) is 18.7. The van der Waals surface area contributed by atoms with Crippen molar-refractivity contribution in [3.63, 3.8) is 0 Å². The first kappa shape index (κ1) is 23.8. The van der Waals surface area contributed by atoms with Crippen LogP contribution in [0.25, 0.3) is 0 Å². The number of carbonyl (C=O) groups excluding carboxylic acids is 3. The first-order valence-corrected chi connectivity index (χ1v) is 10.2. The molecule has 0 saturated heterocycles. The van der Waals surface area contributed by atoms with Crippen LogP contribution in [-0.2, 0) is 9.59 Å². The van der Waals surface area contributed by atoms with Crippen molar-refractivity contribution in [1.29, 1.82) is 0 Å². The summed E-state index contributed by atoms with van der Waals surface area (Å²) in [5, 5.41) is 6.73. The molecule has 33 heavy (non-hydrogen) atoms. The van der Waals surface area contributed by atoms with Crippen molar-refractivity contribution in [1.82, 2.24) is 5.43 Å². The zero-order chi connectivity index (χ0) is 23.8. The van der Waals surface area contributed by atoms with Crippen molar-refractivity contribution >= 4 is 52.9 Å². The minimum atomic E-state index is -0.999. The van der Waals surface area contributed by atoms with Crippen LogP contribution in [0.1, 0.15) is 15.9 Å². The third-order valence-electron chi connectivity index (χ3n) is 4.10. The number of hydrazone groups is 1. The Morgan fingerprint density at radius 1 is 0.909 bits per heavy atom. The van der Waals surface area contributed by atoms with Gasteiger partial charge in [0.05, 0.1) is 13.3 Å². The van der Waals surface area contributed by atoms with Crippen molar-refractivity contribution in [3.05, 3.63) is 87.9 Å². The molecule has 2 N–H and O–H groups in total. The second-order valence-corrected chi connectivity index (χ2v) is 7.35. The smallest absolute Gasteiger partial charge is 0.347 e. The van der Waals surface area contributed by atoms with Gasteiger partial charge in [-0.05, 0) is 48.0 Å². The van der Waals surface area contributed by atoms with Crippen LogP contribution in [0.2, 0.25) is 10.0 Å². The summed E-state index contributed by atoms with van der Waals surface area (Å²) in [4.78, 5) is 36.4. The number of benzene rings is 3. The van der Waals surface area contributed by atoms with Gasteiger partial charge in [-0.3, -0.25) is 9.59 Å². The lowest BCUT2D eigenvalue weighted by Crippen LogP contribution is -2.32. The van der Waals surface area contributed by atoms with Crippen LogP contribution in [0, 0.1) is 0 Å². The van der Waals surface area contributed by atoms with E-state index in [9.17, 15) is 14.4 Å². The van der Waals surface area contributed by atoms with Crippen molar-refractivity contribution < 1.29 is 23.9 Å². The van der Waals surface area contributed by atoms with Gasteiger partial charge in [-0.2, -0.15) is 5.10 Å². The number of carbonyl (C=O) groups is 3. The highest BCUT2D eigenvalue weighted by Gasteiger charge is 2.15. The molecule has 0 spiro atoms. The summed E-state index contributed by atoms with van der Waals surface area (Å²) >= 11 is 11.7. The fourth-order valence-electron chi connectivity index (χ4n) is 2.66. The number of hydrogen-bond donors (Lipinski definition) is 2. The Hall–Kier alpha value is -3.88. The normalized spacial score (nSPS) is 10.5. The Balaban J connectivity index is 1.59. The molecule has 0 aliphatic heterocycles. The Morgan fingerprint density at radius 2 is 1.64 bits per heavy atom. The van der Waals surface area contributed by atoms with Gasteiger partial charge in [0.25, 0.3) is 0 Å². The van der Waals surface area contributed by atoms with Crippen molar-refractivity contribution in [2.45, 2.75) is 0 Å². The SMILES string of the molecule is COc1ccccc1C(=O)Oc1cccc(/C=N/NC(=O)C(=O)Nc2cc(Cl)cc(Cl)c2)c1. The van der Waals surface area contributed by atoms with E-state index in [0.717, 1.165) is 0 Å². The number of hydrogen-bond acceptors (Lipinski definition) is 6. The van der Waals surface area contributed by atoms with Gasteiger partial charge in [-0.15, -0.1) is 0 Å². The summed E-state index contributed by atoms with van der Waals surface area (Å²) in [6, 6.07) is 17.5. The predicted octanol–water partition coefficient (Wildman–Crippen LogP) is 4.31. The van der Waals surface area contributed by atoms with Gasteiger partial charge in [0.15, 0.2) is 0 Å². The minimum absolute atomic E-state index is 0.261. The molecular weight excluding hydrogens is 469 g/mol. The highest BCUT2D eigenvalue weighted by molar-refractivity contribution is 6.40. The van der Waals surface area contributed by atoms with Gasteiger partial charge >= 0.3 is 17.8 Å². The summed E-state index contributed by atoms with van der Waals surface area (Å²) < 4.78 is 10.5. The van der Waals surface area contributed by atoms with Crippen molar-refractivity contribution in [3.8, 4) is 11.5 Å². The number of halogens is 2. The number of nitrogens with one attached hydrogen (secondary N) is 2. The van der Waals surface area contributed by atoms with Crippen molar-refractivity contribution in [2.75, 3.05) is 12.4 Å². The van der Waals surface area contributed by atoms with Crippen LogP contribution in [0.3, 0.4) is 0 Å². The van der Waals surface area contributed by atoms with Crippen LogP contribution in [0.5, 0.6) is 11.5 Å². The van der Waals surface area contributed by atoms with E-state index in [0.29, 0.717) is 21.4 Å². The average Bonchev–Trinajstić information content (AvgIpc) is 2.78. The molecule has 2 amide bonds. The van der Waals surface area contributed by atoms with Gasteiger partial charge < -0.3 is 14.8 Å². The van der Waals surface area contributed by atoms with Gasteiger partial charge in [-0.1, -0.05) is 47.5 Å². The molecule has 3 aromatic carbocycles. The first-order valence-electron chi connectivity index (χ1n) is 9.41. The molecule has 168 valence electrons. The van der Waals surface area contributed by atoms with E-state index in [1.165, 1.54) is 37.6 Å². The Bertz CT molecular complexity index is 1210. The molecule has 0 bridgehead atoms. The largest absolute Gasteiger partial charge is 0.496 e. The molecule has 0 heterocycles. The Kier molecular flexibility index (Phi) is 8.01. The lowest BCUT2D eigenvalue weighted by Gasteiger charge is -2.08. The number of nitrogens with zero attached hydrogens (tertiary/aromatic N) is 1. The van der Waals surface area contributed by atoms with Gasteiger partial charge in [-0.25, -0.2) is 10.2 Å². The predicted molar refractivity (Wildman–Crippen MR) is 125 cm³/mol. The molecule has 0 atom stereocenters. The quantitative estimate of drug-likeness (QED) is 0.178. The molecule has 3 rings (SSSR count). The number of rotatable bonds is 6. The highest BCUT2D eigenvalue weighted by atomic mass is 35.5. The molecule has 0 saturated carbocycles. The van der Waals surface area contributed by atoms with E-state index in [2.05, 4.69) is 15.8 Å². The van der Waals surface area contributed by atoms with Crippen molar-refractivity contribution in [2.24, 2.45) is 5.10 Å². The second kappa shape index (κ2) is 11.1. The summed E-state index contributed by atoms with van der Waals surface area (Å²) in [7, 11) is 1.46. The summed E-state index contributed by atoms with van der Waals surface area (Å²) in [6.07, 6.45) is 1.29. The molecule has 0 fully saturated rings. The van der Waals surface area contributed by atoms with E-state index in [1.807, 2.05) is 0 Å². The maximum absolute atomic E-state index is 12.4. The topological polar surface area (TPSA) is 106 Å². The third kappa shape index (κ3) is 6.80. The Morgan fingerprint density at radius 3 is 2.36 bits per heavy atom. The number of esters is 1. The standard InChI is InChI=1S/C23H17Cl2N3O5/c1-32-20-8-3-2-7-19(20)23(31)33-18-6-4-5-14(9-18)13-26-28-22(30)21(29)27-17-11-15(24)10-16(25)12-17/h2-13H,1H3,(H,27,29)(H,28,30)/b26-13+. The molecule has 0 unspecified atom stereocenters. The third-order valence-corrected chi connectivity index (χ3v) is 4.54. The summed E-state index contributed by atoms with van der Waals surface area (Å²) in [5.74, 6) is -1.89. The van der Waals surface area contributed by atoms with Crippen LogP contribution >= 0.6 is 23.2 Å². The van der Waals surface area contributed by atoms with E-state index < -0.39 is 17.8 Å². The molecule has 0 aliphatic rings. The molecule has 0 aliphatic carbocycles. The molecule has 8 nitrogen and oxygen atoms in total. The minimum Gasteiger partial charge on any atom is -0.496 e. The van der Waals surface area contributed by atoms with Gasteiger partial charge in [0.2, 0.25) is 0 Å². The molecule has 0 aromatic heterocycles. The molecule has 0 radical (unpaired) electrons. The number of para-hydroxylation sites is 1. The van der Waals surface area contributed by atoms with E-state index in [-0.39, 0.29) is 17.0 Å². The van der Waals surface area contributed by atoms with E-state index in [4.69, 9.17) is 32.7 Å². The molecular formula is C23H17Cl2N3O5. The van der Waals surface area contributed by atoms with Crippen LogP contribution in [0.15, 0.2) is 71.8 Å². The zero-order valence-electron chi connectivity index (χ0n) is 17.2. The number of ether oxygens (including phenoxy) is 2.